The molecule has 0 saturated carbocycles. The van der Waals surface area contributed by atoms with Gasteiger partial charge in [0, 0.05) is 18.7 Å². The van der Waals surface area contributed by atoms with Crippen molar-refractivity contribution in [3.05, 3.63) is 99.0 Å². The number of nitriles is 1. The van der Waals surface area contributed by atoms with Gasteiger partial charge in [-0.25, -0.2) is 9.37 Å². The first-order valence-electron chi connectivity index (χ1n) is 10.9. The second-order valence-electron chi connectivity index (χ2n) is 8.23. The highest BCUT2D eigenvalue weighted by molar-refractivity contribution is 5.77. The van der Waals surface area contributed by atoms with Crippen LogP contribution in [0.25, 0.3) is 11.0 Å². The molecule has 0 aliphatic heterocycles. The number of amides is 1. The van der Waals surface area contributed by atoms with Crippen molar-refractivity contribution in [2.24, 2.45) is 0 Å². The summed E-state index contributed by atoms with van der Waals surface area (Å²) < 4.78 is 15.5. The van der Waals surface area contributed by atoms with Gasteiger partial charge in [0.05, 0.1) is 23.4 Å². The van der Waals surface area contributed by atoms with E-state index >= 15 is 0 Å². The molecule has 8 heteroatoms. The van der Waals surface area contributed by atoms with Crippen molar-refractivity contribution < 1.29 is 9.18 Å². The largest absolute Gasteiger partial charge is 0.347 e. The van der Waals surface area contributed by atoms with Crippen molar-refractivity contribution in [1.82, 2.24) is 19.9 Å². The van der Waals surface area contributed by atoms with E-state index in [9.17, 15) is 19.2 Å². The van der Waals surface area contributed by atoms with Crippen molar-refractivity contribution in [3.8, 4) is 6.07 Å². The van der Waals surface area contributed by atoms with Crippen LogP contribution in [0.4, 0.5) is 4.39 Å². The summed E-state index contributed by atoms with van der Waals surface area (Å²) in [6, 6.07) is 15.3. The van der Waals surface area contributed by atoms with Gasteiger partial charge in [-0.05, 0) is 61.2 Å². The number of nitrogens with one attached hydrogen (secondary N) is 2. The molecule has 7 nitrogen and oxygen atoms in total. The maximum atomic E-state index is 13.5. The van der Waals surface area contributed by atoms with Crippen LogP contribution in [0.2, 0.25) is 0 Å². The second kappa shape index (κ2) is 9.71. The van der Waals surface area contributed by atoms with Crippen LogP contribution in [-0.4, -0.2) is 20.4 Å². The number of aromatic nitrogens is 3. The molecule has 1 amide bonds. The summed E-state index contributed by atoms with van der Waals surface area (Å²) in [6.45, 7) is 3.90. The monoisotopic (exact) mass is 457 g/mol. The number of H-pyrrole nitrogens is 1. The van der Waals surface area contributed by atoms with Gasteiger partial charge in [0.25, 0.3) is 5.56 Å². The Bertz CT molecular complexity index is 1450. The third-order valence-corrected chi connectivity index (χ3v) is 6.04. The lowest BCUT2D eigenvalue weighted by Crippen LogP contribution is -2.31. The second-order valence-corrected chi connectivity index (χ2v) is 8.23. The Morgan fingerprint density at radius 3 is 2.68 bits per heavy atom. The van der Waals surface area contributed by atoms with Crippen LogP contribution in [0.5, 0.6) is 0 Å². The molecule has 1 unspecified atom stereocenters. The van der Waals surface area contributed by atoms with E-state index in [1.807, 2.05) is 34.9 Å². The smallest absolute Gasteiger partial charge is 0.266 e. The topological polar surface area (TPSA) is 104 Å². The highest BCUT2D eigenvalue weighted by atomic mass is 19.1. The van der Waals surface area contributed by atoms with Crippen LogP contribution in [-0.2, 0) is 17.8 Å². The third-order valence-electron chi connectivity index (χ3n) is 6.04. The molecule has 0 aliphatic carbocycles. The van der Waals surface area contributed by atoms with E-state index in [1.54, 1.807) is 32.3 Å². The Labute approximate surface area is 195 Å². The van der Waals surface area contributed by atoms with E-state index in [2.05, 4.69) is 15.3 Å². The maximum Gasteiger partial charge on any atom is 0.266 e. The number of aromatic amines is 1. The maximum absolute atomic E-state index is 13.5. The molecule has 2 heterocycles. The van der Waals surface area contributed by atoms with Crippen LogP contribution >= 0.6 is 0 Å². The summed E-state index contributed by atoms with van der Waals surface area (Å²) in [5.41, 5.74) is 4.23. The van der Waals surface area contributed by atoms with Gasteiger partial charge < -0.3 is 14.9 Å². The van der Waals surface area contributed by atoms with Gasteiger partial charge in [-0.3, -0.25) is 9.59 Å². The molecular formula is C26H24FN5O2. The van der Waals surface area contributed by atoms with Gasteiger partial charge in [0.15, 0.2) is 0 Å². The molecule has 172 valence electrons. The molecular weight excluding hydrogens is 433 g/mol. The van der Waals surface area contributed by atoms with Gasteiger partial charge in [-0.2, -0.15) is 5.26 Å². The zero-order valence-corrected chi connectivity index (χ0v) is 18.9. The molecule has 4 rings (SSSR count). The fraction of sp³-hybridized carbons (Fsp3) is 0.231. The van der Waals surface area contributed by atoms with Gasteiger partial charge in [0.1, 0.15) is 17.4 Å². The predicted octanol–water partition coefficient (Wildman–Crippen LogP) is 3.84. The first kappa shape index (κ1) is 22.9. The summed E-state index contributed by atoms with van der Waals surface area (Å²) in [5, 5.41) is 12.3. The molecule has 2 N–H and O–H groups in total. The number of pyridine rings is 1. The lowest BCUT2D eigenvalue weighted by molar-refractivity contribution is -0.121. The van der Waals surface area contributed by atoms with E-state index in [0.717, 1.165) is 22.2 Å². The normalized spacial score (nSPS) is 11.8. The third kappa shape index (κ3) is 4.74. The SMILES string of the molecule is Cc1[nH]c(=O)c(C#N)c(C)c1CCC(=O)NC(Cn1cnc2ccccc21)c1ccc(F)cc1. The number of benzene rings is 2. The number of halogens is 1. The molecule has 0 aliphatic rings. The van der Waals surface area contributed by atoms with E-state index < -0.39 is 11.6 Å². The number of aryl methyl sites for hydroxylation is 1. The van der Waals surface area contributed by atoms with Crippen molar-refractivity contribution >= 4 is 16.9 Å². The summed E-state index contributed by atoms with van der Waals surface area (Å²) in [7, 11) is 0. The zero-order valence-electron chi connectivity index (χ0n) is 18.9. The fourth-order valence-electron chi connectivity index (χ4n) is 4.21. The molecule has 2 aromatic carbocycles. The Hall–Kier alpha value is -4.25. The lowest BCUT2D eigenvalue weighted by atomic mass is 9.98. The minimum Gasteiger partial charge on any atom is -0.347 e. The van der Waals surface area contributed by atoms with Crippen molar-refractivity contribution in [3.63, 3.8) is 0 Å². The zero-order chi connectivity index (χ0) is 24.2. The molecule has 34 heavy (non-hydrogen) atoms. The number of fused-ring (bicyclic) bond motifs is 1. The Morgan fingerprint density at radius 2 is 1.94 bits per heavy atom. The molecule has 0 spiro atoms. The van der Waals surface area contributed by atoms with Crippen molar-refractivity contribution in [1.29, 1.82) is 5.26 Å². The number of hydrogen-bond donors (Lipinski definition) is 2. The lowest BCUT2D eigenvalue weighted by Gasteiger charge is -2.21. The fourth-order valence-corrected chi connectivity index (χ4v) is 4.21. The number of para-hydroxylation sites is 2. The van der Waals surface area contributed by atoms with Crippen molar-refractivity contribution in [2.75, 3.05) is 0 Å². The van der Waals surface area contributed by atoms with E-state index in [0.29, 0.717) is 24.2 Å². The van der Waals surface area contributed by atoms with E-state index in [1.165, 1.54) is 12.1 Å². The highest BCUT2D eigenvalue weighted by Crippen LogP contribution is 2.21. The summed E-state index contributed by atoms with van der Waals surface area (Å²) in [5.74, 6) is -0.540. The van der Waals surface area contributed by atoms with Crippen LogP contribution < -0.4 is 10.9 Å². The molecule has 0 radical (unpaired) electrons. The standard InChI is InChI=1S/C26H24FN5O2/c1-16-20(17(2)30-26(34)21(16)13-28)11-12-25(33)31-23(18-7-9-19(27)10-8-18)14-32-15-29-22-5-3-4-6-24(22)32/h3-10,15,23H,11-12,14H2,1-2H3,(H,30,34)(H,31,33). The quantitative estimate of drug-likeness (QED) is 0.440. The van der Waals surface area contributed by atoms with Crippen molar-refractivity contribution in [2.45, 2.75) is 39.3 Å². The van der Waals surface area contributed by atoms with Crippen LogP contribution in [0.1, 0.15) is 40.4 Å². The van der Waals surface area contributed by atoms with E-state index in [-0.39, 0.29) is 23.7 Å². The number of carbonyl (C=O) groups excluding carboxylic acids is 1. The first-order chi connectivity index (χ1) is 16.4. The number of rotatable bonds is 7. The molecule has 0 bridgehead atoms. The summed E-state index contributed by atoms with van der Waals surface area (Å²) in [6.07, 6.45) is 2.27. The summed E-state index contributed by atoms with van der Waals surface area (Å²) >= 11 is 0. The Balaban J connectivity index is 1.55. The number of carbonyl (C=O) groups is 1. The number of imidazole rings is 1. The number of nitrogens with zero attached hydrogens (tertiary/aromatic N) is 3. The Kier molecular flexibility index (Phi) is 6.55. The van der Waals surface area contributed by atoms with Gasteiger partial charge in [0.2, 0.25) is 5.91 Å². The molecule has 0 fully saturated rings. The van der Waals surface area contributed by atoms with E-state index in [4.69, 9.17) is 0 Å². The van der Waals surface area contributed by atoms with Gasteiger partial charge in [-0.15, -0.1) is 0 Å². The average molecular weight is 458 g/mol. The molecule has 4 aromatic rings. The van der Waals surface area contributed by atoms with Gasteiger partial charge >= 0.3 is 0 Å². The molecule has 1 atom stereocenters. The summed E-state index contributed by atoms with van der Waals surface area (Å²) in [4.78, 5) is 32.0. The molecule has 2 aromatic heterocycles. The molecule has 0 saturated heterocycles. The highest BCUT2D eigenvalue weighted by Gasteiger charge is 2.18. The first-order valence-corrected chi connectivity index (χ1v) is 10.9. The van der Waals surface area contributed by atoms with Gasteiger partial charge in [-0.1, -0.05) is 24.3 Å². The minimum atomic E-state index is -0.422. The van der Waals surface area contributed by atoms with Crippen LogP contribution in [0.15, 0.2) is 59.7 Å². The Morgan fingerprint density at radius 1 is 1.21 bits per heavy atom. The van der Waals surface area contributed by atoms with Crippen LogP contribution in [0, 0.1) is 31.0 Å². The number of hydrogen-bond acceptors (Lipinski definition) is 4. The minimum absolute atomic E-state index is 0.0668. The van der Waals surface area contributed by atoms with Crippen LogP contribution in [0.3, 0.4) is 0 Å². The average Bonchev–Trinajstić information content (AvgIpc) is 3.22. The predicted molar refractivity (Wildman–Crippen MR) is 127 cm³/mol.